The number of benzene rings is 2. The van der Waals surface area contributed by atoms with Gasteiger partial charge in [-0.25, -0.2) is 4.79 Å². The van der Waals surface area contributed by atoms with Crippen LogP contribution in [0.3, 0.4) is 0 Å². The summed E-state index contributed by atoms with van der Waals surface area (Å²) in [6.45, 7) is 4.35. The van der Waals surface area contributed by atoms with E-state index in [-0.39, 0.29) is 23.5 Å². The third-order valence-electron chi connectivity index (χ3n) is 6.41. The van der Waals surface area contributed by atoms with Crippen LogP contribution in [0.1, 0.15) is 49.3 Å². The number of ketones is 1. The first kappa shape index (κ1) is 21.0. The predicted octanol–water partition coefficient (Wildman–Crippen LogP) is 3.49. The molecule has 1 atom stereocenters. The van der Waals surface area contributed by atoms with Gasteiger partial charge in [-0.15, -0.1) is 0 Å². The van der Waals surface area contributed by atoms with Crippen molar-refractivity contribution in [3.63, 3.8) is 0 Å². The van der Waals surface area contributed by atoms with E-state index in [0.717, 1.165) is 11.3 Å². The van der Waals surface area contributed by atoms with Crippen molar-refractivity contribution in [2.75, 3.05) is 5.32 Å². The van der Waals surface area contributed by atoms with Gasteiger partial charge in [-0.2, -0.15) is 0 Å². The maximum Gasteiger partial charge on any atom is 0.330 e. The molecule has 0 radical (unpaired) electrons. The molecule has 0 amide bonds. The summed E-state index contributed by atoms with van der Waals surface area (Å²) < 4.78 is 1.52. The van der Waals surface area contributed by atoms with E-state index >= 15 is 0 Å². The standard InChI is InChI=1S/C26H25N3O4/c1-26(2)12-18-21(19(31)13-26)20(16-8-10-17(30)11-9-16)22-23(27-18)29(25(33)28-24(22)32)14-15-6-4-3-5-7-15/h3-11,20,27,30H,12-14H2,1-2H3,(H,28,32,33)/t20-/m1/s1. The number of hydrogen-bond acceptors (Lipinski definition) is 5. The van der Waals surface area contributed by atoms with Crippen molar-refractivity contribution in [3.05, 3.63) is 103 Å². The van der Waals surface area contributed by atoms with Crippen molar-refractivity contribution in [1.82, 2.24) is 9.55 Å². The first-order chi connectivity index (χ1) is 15.7. The average Bonchev–Trinajstić information content (AvgIpc) is 2.76. The van der Waals surface area contributed by atoms with Crippen molar-refractivity contribution in [2.24, 2.45) is 5.41 Å². The molecule has 168 valence electrons. The maximum absolute atomic E-state index is 13.3. The Morgan fingerprint density at radius 1 is 1.00 bits per heavy atom. The maximum atomic E-state index is 13.3. The number of hydrogen-bond donors (Lipinski definition) is 3. The van der Waals surface area contributed by atoms with Crippen LogP contribution in [0.5, 0.6) is 5.75 Å². The summed E-state index contributed by atoms with van der Waals surface area (Å²) in [5.74, 6) is -0.138. The molecule has 1 aromatic heterocycles. The van der Waals surface area contributed by atoms with Crippen LogP contribution in [0.4, 0.5) is 5.82 Å². The van der Waals surface area contributed by atoms with Gasteiger partial charge in [0.25, 0.3) is 5.56 Å². The third-order valence-corrected chi connectivity index (χ3v) is 6.41. The number of aromatic amines is 1. The molecule has 5 rings (SSSR count). The average molecular weight is 444 g/mol. The number of Topliss-reactive ketones (excluding diaryl/α,β-unsaturated/α-hetero) is 1. The number of H-pyrrole nitrogens is 1. The molecule has 7 nitrogen and oxygen atoms in total. The number of rotatable bonds is 3. The first-order valence-corrected chi connectivity index (χ1v) is 11.0. The van der Waals surface area contributed by atoms with Crippen LogP contribution in [-0.2, 0) is 11.3 Å². The summed E-state index contributed by atoms with van der Waals surface area (Å²) >= 11 is 0. The number of carbonyl (C=O) groups excluding carboxylic acids is 1. The van der Waals surface area contributed by atoms with E-state index in [9.17, 15) is 19.5 Å². The van der Waals surface area contributed by atoms with Crippen LogP contribution in [-0.4, -0.2) is 20.4 Å². The highest BCUT2D eigenvalue weighted by Crippen LogP contribution is 2.47. The van der Waals surface area contributed by atoms with Crippen LogP contribution in [0.25, 0.3) is 0 Å². The van der Waals surface area contributed by atoms with Gasteiger partial charge in [-0.3, -0.25) is 19.1 Å². The van der Waals surface area contributed by atoms with Gasteiger partial charge in [-0.05, 0) is 35.1 Å². The fourth-order valence-electron chi connectivity index (χ4n) is 4.97. The van der Waals surface area contributed by atoms with Crippen LogP contribution in [0.15, 0.2) is 75.5 Å². The van der Waals surface area contributed by atoms with Gasteiger partial charge in [0.2, 0.25) is 0 Å². The highest BCUT2D eigenvalue weighted by Gasteiger charge is 2.42. The largest absolute Gasteiger partial charge is 0.508 e. The van der Waals surface area contributed by atoms with Crippen molar-refractivity contribution >= 4 is 11.6 Å². The number of phenols is 1. The van der Waals surface area contributed by atoms with Gasteiger partial charge >= 0.3 is 5.69 Å². The SMILES string of the molecule is CC1(C)CC(=O)C2=C(C1)Nc1c(c(=O)[nH]c(=O)n1Cc1ccccc1)[C@@H]2c1ccc(O)cc1. The molecule has 7 heteroatoms. The molecule has 2 aliphatic rings. The summed E-state index contributed by atoms with van der Waals surface area (Å²) in [5.41, 5.74) is 1.99. The fourth-order valence-corrected chi connectivity index (χ4v) is 4.97. The first-order valence-electron chi connectivity index (χ1n) is 11.0. The van der Waals surface area contributed by atoms with E-state index in [1.54, 1.807) is 24.3 Å². The Labute approximate surface area is 190 Å². The topological polar surface area (TPSA) is 104 Å². The number of anilines is 1. The second-order valence-corrected chi connectivity index (χ2v) is 9.58. The Morgan fingerprint density at radius 2 is 1.70 bits per heavy atom. The zero-order chi connectivity index (χ0) is 23.3. The Morgan fingerprint density at radius 3 is 2.39 bits per heavy atom. The number of phenolic OH excluding ortho intramolecular Hbond substituents is 1. The van der Waals surface area contributed by atoms with Crippen molar-refractivity contribution in [2.45, 2.75) is 39.2 Å². The second-order valence-electron chi connectivity index (χ2n) is 9.58. The summed E-state index contributed by atoms with van der Waals surface area (Å²) in [6, 6.07) is 16.1. The molecule has 3 aromatic rings. The Kier molecular flexibility index (Phi) is 4.85. The number of aromatic hydroxyl groups is 1. The summed E-state index contributed by atoms with van der Waals surface area (Å²) in [5, 5.41) is 13.1. The molecule has 33 heavy (non-hydrogen) atoms. The minimum absolute atomic E-state index is 0.0160. The molecule has 2 aromatic carbocycles. The molecule has 0 bridgehead atoms. The van der Waals surface area contributed by atoms with E-state index in [2.05, 4.69) is 10.3 Å². The highest BCUT2D eigenvalue weighted by molar-refractivity contribution is 6.01. The zero-order valence-electron chi connectivity index (χ0n) is 18.5. The monoisotopic (exact) mass is 443 g/mol. The number of nitrogens with zero attached hydrogens (tertiary/aromatic N) is 1. The number of fused-ring (bicyclic) bond motifs is 1. The minimum atomic E-state index is -0.633. The lowest BCUT2D eigenvalue weighted by Crippen LogP contribution is -2.42. The van der Waals surface area contributed by atoms with Gasteiger partial charge < -0.3 is 10.4 Å². The van der Waals surface area contributed by atoms with Crippen molar-refractivity contribution < 1.29 is 9.90 Å². The quantitative estimate of drug-likeness (QED) is 0.575. The lowest BCUT2D eigenvalue weighted by atomic mass is 9.69. The highest BCUT2D eigenvalue weighted by atomic mass is 16.3. The van der Waals surface area contributed by atoms with Gasteiger partial charge in [-0.1, -0.05) is 56.3 Å². The van der Waals surface area contributed by atoms with Gasteiger partial charge in [0.15, 0.2) is 5.78 Å². The number of carbonyl (C=O) groups is 1. The van der Waals surface area contributed by atoms with Crippen molar-refractivity contribution in [1.29, 1.82) is 0 Å². The molecule has 3 N–H and O–H groups in total. The summed E-state index contributed by atoms with van der Waals surface area (Å²) in [7, 11) is 0. The van der Waals surface area contributed by atoms with E-state index in [0.29, 0.717) is 35.4 Å². The van der Waals surface area contributed by atoms with Crippen LogP contribution in [0, 0.1) is 5.41 Å². The normalized spacial score (nSPS) is 19.0. The summed E-state index contributed by atoms with van der Waals surface area (Å²) in [6.07, 6.45) is 0.993. The van der Waals surface area contributed by atoms with E-state index < -0.39 is 17.2 Å². The Bertz CT molecular complexity index is 1400. The van der Waals surface area contributed by atoms with E-state index in [4.69, 9.17) is 0 Å². The van der Waals surface area contributed by atoms with Crippen LogP contribution < -0.4 is 16.6 Å². The third kappa shape index (κ3) is 3.69. The number of nitrogens with one attached hydrogen (secondary N) is 2. The van der Waals surface area contributed by atoms with E-state index in [1.165, 1.54) is 4.57 Å². The van der Waals surface area contributed by atoms with Gasteiger partial charge in [0, 0.05) is 23.6 Å². The molecule has 1 aliphatic carbocycles. The molecule has 0 saturated carbocycles. The Hall–Kier alpha value is -3.87. The molecule has 1 aliphatic heterocycles. The lowest BCUT2D eigenvalue weighted by molar-refractivity contribution is -0.118. The molecular weight excluding hydrogens is 418 g/mol. The minimum Gasteiger partial charge on any atom is -0.508 e. The van der Waals surface area contributed by atoms with Crippen molar-refractivity contribution in [3.8, 4) is 5.75 Å². The molecule has 0 spiro atoms. The second kappa shape index (κ2) is 7.62. The lowest BCUT2D eigenvalue weighted by Gasteiger charge is -2.39. The smallest absolute Gasteiger partial charge is 0.330 e. The number of aromatic nitrogens is 2. The van der Waals surface area contributed by atoms with Gasteiger partial charge in [0.1, 0.15) is 11.6 Å². The number of allylic oxidation sites excluding steroid dienone is 2. The predicted molar refractivity (Wildman–Crippen MR) is 125 cm³/mol. The molecule has 0 fully saturated rings. The molecule has 0 saturated heterocycles. The zero-order valence-corrected chi connectivity index (χ0v) is 18.5. The van der Waals surface area contributed by atoms with Crippen LogP contribution >= 0.6 is 0 Å². The fraction of sp³-hybridized carbons (Fsp3) is 0.269. The van der Waals surface area contributed by atoms with E-state index in [1.807, 2.05) is 44.2 Å². The Balaban J connectivity index is 1.77. The molecular formula is C26H25N3O4. The summed E-state index contributed by atoms with van der Waals surface area (Å²) in [4.78, 5) is 41.8. The molecule has 2 heterocycles. The molecule has 0 unspecified atom stereocenters. The van der Waals surface area contributed by atoms with Gasteiger partial charge in [0.05, 0.1) is 12.1 Å². The van der Waals surface area contributed by atoms with Crippen LogP contribution in [0.2, 0.25) is 0 Å².